The second-order valence-electron chi connectivity index (χ2n) is 2.84. The Morgan fingerprint density at radius 2 is 2.15 bits per heavy atom. The number of halogens is 1. The number of rotatable bonds is 0. The molecule has 0 bridgehead atoms. The van der Waals surface area contributed by atoms with Crippen LogP contribution in [0.4, 0.5) is 5.69 Å². The second kappa shape index (κ2) is 2.96. The van der Waals surface area contributed by atoms with Crippen molar-refractivity contribution in [3.8, 4) is 0 Å². The smallest absolute Gasteiger partial charge is 0.113 e. The highest BCUT2D eigenvalue weighted by molar-refractivity contribution is 9.10. The van der Waals surface area contributed by atoms with Crippen LogP contribution >= 0.6 is 15.9 Å². The van der Waals surface area contributed by atoms with Gasteiger partial charge in [0.25, 0.3) is 0 Å². The zero-order valence-electron chi connectivity index (χ0n) is 7.08. The lowest BCUT2D eigenvalue weighted by atomic mass is 10.2. The van der Waals surface area contributed by atoms with Crippen LogP contribution < -0.4 is 5.73 Å². The van der Waals surface area contributed by atoms with Crippen LogP contribution in [0.1, 0.15) is 5.69 Å². The minimum atomic E-state index is 0.647. The van der Waals surface area contributed by atoms with Crippen molar-refractivity contribution < 1.29 is 0 Å². The highest BCUT2D eigenvalue weighted by Gasteiger charge is 2.03. The summed E-state index contributed by atoms with van der Waals surface area (Å²) < 4.78 is 0.861. The number of nitrogen functional groups attached to an aromatic ring is 1. The third kappa shape index (κ3) is 1.37. The summed E-state index contributed by atoms with van der Waals surface area (Å²) >= 11 is 3.35. The van der Waals surface area contributed by atoms with Crippen molar-refractivity contribution in [1.29, 1.82) is 0 Å². The lowest BCUT2D eigenvalue weighted by molar-refractivity contribution is 1.18. The predicted molar refractivity (Wildman–Crippen MR) is 56.4 cm³/mol. The van der Waals surface area contributed by atoms with Crippen molar-refractivity contribution in [2.45, 2.75) is 6.92 Å². The number of nitrogens with two attached hydrogens (primary N) is 1. The second-order valence-corrected chi connectivity index (χ2v) is 3.69. The molecule has 0 saturated heterocycles. The van der Waals surface area contributed by atoms with Gasteiger partial charge in [0.2, 0.25) is 0 Å². The average Bonchev–Trinajstić information content (AvgIpc) is 2.12. The Labute approximate surface area is 84.1 Å². The summed E-state index contributed by atoms with van der Waals surface area (Å²) in [6, 6.07) is 3.77. The molecule has 2 N–H and O–H groups in total. The van der Waals surface area contributed by atoms with Crippen molar-refractivity contribution in [2.75, 3.05) is 5.73 Å². The Morgan fingerprint density at radius 1 is 1.38 bits per heavy atom. The number of hydrogen-bond donors (Lipinski definition) is 1. The molecule has 0 fully saturated rings. The molecule has 0 radical (unpaired) electrons. The molecule has 0 saturated carbocycles. The quantitative estimate of drug-likeness (QED) is 0.716. The number of nitrogens with zero attached hydrogens (tertiary/aromatic N) is 2. The van der Waals surface area contributed by atoms with Gasteiger partial charge in [0, 0.05) is 10.7 Å². The molecule has 0 atom stereocenters. The van der Waals surface area contributed by atoms with E-state index < -0.39 is 0 Å². The van der Waals surface area contributed by atoms with Crippen LogP contribution in [-0.4, -0.2) is 9.97 Å². The molecule has 4 heteroatoms. The zero-order chi connectivity index (χ0) is 9.42. The van der Waals surface area contributed by atoms with Crippen molar-refractivity contribution in [1.82, 2.24) is 9.97 Å². The lowest BCUT2D eigenvalue weighted by Crippen LogP contribution is -1.94. The molecule has 0 aliphatic carbocycles. The maximum absolute atomic E-state index is 5.84. The van der Waals surface area contributed by atoms with Crippen molar-refractivity contribution in [2.24, 2.45) is 0 Å². The van der Waals surface area contributed by atoms with E-state index in [0.29, 0.717) is 5.69 Å². The standard InChI is InChI=1S/C9H8BrN3/c1-5-4-12-7-3-2-6(10)8(11)9(7)13-5/h2-4H,11H2,1H3. The fourth-order valence-electron chi connectivity index (χ4n) is 1.16. The van der Waals surface area contributed by atoms with E-state index in [1.54, 1.807) is 6.20 Å². The first kappa shape index (κ1) is 8.44. The van der Waals surface area contributed by atoms with Crippen LogP contribution in [0, 0.1) is 6.92 Å². The molecule has 66 valence electrons. The molecule has 0 amide bonds. The fourth-order valence-corrected chi connectivity index (χ4v) is 1.48. The number of anilines is 1. The van der Waals surface area contributed by atoms with Crippen molar-refractivity contribution in [3.63, 3.8) is 0 Å². The predicted octanol–water partition coefficient (Wildman–Crippen LogP) is 2.28. The first-order chi connectivity index (χ1) is 6.18. The molecule has 0 spiro atoms. The van der Waals surface area contributed by atoms with E-state index in [9.17, 15) is 0 Å². The Bertz CT molecular complexity index is 462. The topological polar surface area (TPSA) is 51.8 Å². The number of hydrogen-bond acceptors (Lipinski definition) is 3. The normalized spacial score (nSPS) is 10.6. The average molecular weight is 238 g/mol. The third-order valence-corrected chi connectivity index (χ3v) is 2.51. The van der Waals surface area contributed by atoms with E-state index in [1.165, 1.54) is 0 Å². The molecule has 1 heterocycles. The Hall–Kier alpha value is -1.16. The molecular formula is C9H8BrN3. The van der Waals surface area contributed by atoms with Gasteiger partial charge < -0.3 is 5.73 Å². The van der Waals surface area contributed by atoms with Gasteiger partial charge in [-0.3, -0.25) is 4.98 Å². The molecule has 1 aromatic heterocycles. The van der Waals surface area contributed by atoms with E-state index in [0.717, 1.165) is 21.2 Å². The van der Waals surface area contributed by atoms with Gasteiger partial charge in [-0.25, -0.2) is 4.98 Å². The number of benzene rings is 1. The van der Waals surface area contributed by atoms with Gasteiger partial charge in [-0.1, -0.05) is 0 Å². The summed E-state index contributed by atoms with van der Waals surface area (Å²) in [6.45, 7) is 1.90. The first-order valence-corrected chi connectivity index (χ1v) is 4.65. The molecule has 3 nitrogen and oxygen atoms in total. The fraction of sp³-hybridized carbons (Fsp3) is 0.111. The number of fused-ring (bicyclic) bond motifs is 1. The van der Waals surface area contributed by atoms with Gasteiger partial charge in [-0.2, -0.15) is 0 Å². The molecule has 0 aliphatic heterocycles. The lowest BCUT2D eigenvalue weighted by Gasteiger charge is -2.02. The molecular weight excluding hydrogens is 230 g/mol. The van der Waals surface area contributed by atoms with Crippen LogP contribution in [0.2, 0.25) is 0 Å². The van der Waals surface area contributed by atoms with E-state index in [4.69, 9.17) is 5.73 Å². The minimum absolute atomic E-state index is 0.647. The maximum Gasteiger partial charge on any atom is 0.113 e. The van der Waals surface area contributed by atoms with Gasteiger partial charge >= 0.3 is 0 Å². The monoisotopic (exact) mass is 237 g/mol. The van der Waals surface area contributed by atoms with E-state index in [1.807, 2.05) is 19.1 Å². The van der Waals surface area contributed by atoms with Gasteiger partial charge in [-0.15, -0.1) is 0 Å². The molecule has 1 aromatic carbocycles. The van der Waals surface area contributed by atoms with E-state index in [2.05, 4.69) is 25.9 Å². The number of aromatic nitrogens is 2. The van der Waals surface area contributed by atoms with Crippen molar-refractivity contribution >= 4 is 32.7 Å². The van der Waals surface area contributed by atoms with Gasteiger partial charge in [0.05, 0.1) is 16.9 Å². The summed E-state index contributed by atoms with van der Waals surface area (Å²) in [5.74, 6) is 0. The Kier molecular flexibility index (Phi) is 1.92. The van der Waals surface area contributed by atoms with E-state index >= 15 is 0 Å². The van der Waals surface area contributed by atoms with E-state index in [-0.39, 0.29) is 0 Å². The van der Waals surface area contributed by atoms with Crippen LogP contribution in [0.5, 0.6) is 0 Å². The molecule has 2 rings (SSSR count). The van der Waals surface area contributed by atoms with Crippen LogP contribution in [-0.2, 0) is 0 Å². The van der Waals surface area contributed by atoms with Crippen molar-refractivity contribution in [3.05, 3.63) is 28.5 Å². The third-order valence-electron chi connectivity index (χ3n) is 1.82. The summed E-state index contributed by atoms with van der Waals surface area (Å²) in [7, 11) is 0. The summed E-state index contributed by atoms with van der Waals surface area (Å²) in [4.78, 5) is 8.54. The molecule has 0 aliphatic rings. The first-order valence-electron chi connectivity index (χ1n) is 3.86. The van der Waals surface area contributed by atoms with Crippen LogP contribution in [0.3, 0.4) is 0 Å². The van der Waals surface area contributed by atoms with Crippen LogP contribution in [0.25, 0.3) is 11.0 Å². The summed E-state index contributed by atoms with van der Waals surface area (Å²) in [6.07, 6.45) is 1.73. The van der Waals surface area contributed by atoms with Gasteiger partial charge in [0.1, 0.15) is 5.52 Å². The maximum atomic E-state index is 5.84. The van der Waals surface area contributed by atoms with Crippen LogP contribution in [0.15, 0.2) is 22.8 Å². The number of aryl methyl sites for hydroxylation is 1. The van der Waals surface area contributed by atoms with Gasteiger partial charge in [-0.05, 0) is 35.0 Å². The molecule has 2 aromatic rings. The SMILES string of the molecule is Cc1cnc2ccc(Br)c(N)c2n1. The summed E-state index contributed by atoms with van der Waals surface area (Å²) in [5.41, 5.74) is 8.94. The Morgan fingerprint density at radius 3 is 2.92 bits per heavy atom. The largest absolute Gasteiger partial charge is 0.396 e. The van der Waals surface area contributed by atoms with Gasteiger partial charge in [0.15, 0.2) is 0 Å². The molecule has 0 unspecified atom stereocenters. The zero-order valence-corrected chi connectivity index (χ0v) is 8.67. The highest BCUT2D eigenvalue weighted by atomic mass is 79.9. The highest BCUT2D eigenvalue weighted by Crippen LogP contribution is 2.25. The Balaban J connectivity index is 2.89. The minimum Gasteiger partial charge on any atom is -0.396 e. The summed E-state index contributed by atoms with van der Waals surface area (Å²) in [5, 5.41) is 0. The molecule has 13 heavy (non-hydrogen) atoms.